The second-order valence-corrected chi connectivity index (χ2v) is 28.4. The van der Waals surface area contributed by atoms with Crippen LogP contribution in [0.4, 0.5) is 11.4 Å². The summed E-state index contributed by atoms with van der Waals surface area (Å²) in [6, 6.07) is 7.58. The van der Waals surface area contributed by atoms with Crippen LogP contribution in [-0.2, 0) is 161 Å². The van der Waals surface area contributed by atoms with Gasteiger partial charge in [-0.1, -0.05) is 19.1 Å². The van der Waals surface area contributed by atoms with Gasteiger partial charge in [0.25, 0.3) is 11.8 Å². The molecular weight excluding hydrogens is 1640 g/mol. The van der Waals surface area contributed by atoms with E-state index in [-0.39, 0.29) is 69.2 Å². The maximum absolute atomic E-state index is 13.9. The maximum atomic E-state index is 13.9. The number of nitrogens with one attached hydrogen (secondary N) is 2. The van der Waals surface area contributed by atoms with Crippen LogP contribution in [-0.4, -0.2) is 423 Å². The number of nitrogens with zero attached hydrogens (tertiary/aromatic N) is 5. The largest absolute Gasteiger partial charge is 0.395 e. The number of fused-ring (bicyclic) bond motifs is 2. The molecule has 1 fully saturated rings. The molecule has 1 aliphatic carbocycles. The molecule has 6 amide bonds. The Morgan fingerprint density at radius 1 is 0.472 bits per heavy atom. The van der Waals surface area contributed by atoms with Gasteiger partial charge in [-0.2, -0.15) is 0 Å². The summed E-state index contributed by atoms with van der Waals surface area (Å²) < 4.78 is 133. The van der Waals surface area contributed by atoms with Crippen molar-refractivity contribution in [3.63, 3.8) is 0 Å². The van der Waals surface area contributed by atoms with Crippen LogP contribution in [0.5, 0.6) is 0 Å². The van der Waals surface area contributed by atoms with Gasteiger partial charge in [-0.05, 0) is 48.6 Å². The molecule has 3 aliphatic heterocycles. The van der Waals surface area contributed by atoms with E-state index in [1.54, 1.807) is 22.1 Å². The topological polar surface area (TPSA) is 429 Å². The molecule has 5 N–H and O–H groups in total. The molecule has 0 atom stereocenters. The maximum Gasteiger partial charge on any atom is 0.253 e. The molecule has 710 valence electrons. The van der Waals surface area contributed by atoms with E-state index in [1.165, 1.54) is 12.2 Å². The average molecular weight is 1780 g/mol. The Balaban J connectivity index is 0.553. The lowest BCUT2D eigenvalue weighted by Gasteiger charge is -2.29. The van der Waals surface area contributed by atoms with Gasteiger partial charge in [0.05, 0.1) is 353 Å². The SMILES string of the molecule is CCCN(CCO)C(=O)C1=Cc2ccc(C3(C(=O)Nc4cnc5c(c4)CN(C(=O)CCOCCOCCOCCOCCOCCOCCOCCOCCOCCOCCOCCOCCOCCOCCOCCOCCOCCOCCOCCOCCOCCOCCOCCOCCNC(=O)CCN4C(=O)C=CC4=O)CC5)CC3)cc2N=C(N)C1. The number of amides is 6. The first-order valence-electron chi connectivity index (χ1n) is 43.8. The predicted octanol–water partition coefficient (Wildman–Crippen LogP) is 1.86. The summed E-state index contributed by atoms with van der Waals surface area (Å²) in [5, 5.41) is 15.3. The Labute approximate surface area is 735 Å². The smallest absolute Gasteiger partial charge is 0.253 e. The number of aliphatic hydroxyl groups excluding tert-OH is 1. The van der Waals surface area contributed by atoms with E-state index >= 15 is 0 Å². The number of imide groups is 1. The molecule has 0 unspecified atom stereocenters. The zero-order valence-electron chi connectivity index (χ0n) is 73.5. The fourth-order valence-electron chi connectivity index (χ4n) is 12.2. The van der Waals surface area contributed by atoms with Crippen molar-refractivity contribution in [1.29, 1.82) is 0 Å². The third kappa shape index (κ3) is 50.8. The number of nitrogens with two attached hydrogens (primary N) is 1. The van der Waals surface area contributed by atoms with Crippen molar-refractivity contribution in [3.8, 4) is 0 Å². The number of hydrogen-bond donors (Lipinski definition) is 4. The molecule has 6 rings (SSSR count). The van der Waals surface area contributed by atoms with Crippen LogP contribution in [0.3, 0.4) is 0 Å². The molecule has 0 saturated heterocycles. The van der Waals surface area contributed by atoms with E-state index in [1.807, 2.05) is 31.2 Å². The quantitative estimate of drug-likeness (QED) is 0.0542. The number of ether oxygens (including phenoxy) is 24. The molecule has 39 nitrogen and oxygen atoms in total. The number of aromatic nitrogens is 1. The standard InChI is InChI=1S/C86H140N8O31/c1-2-13-92(16-17-95)84(100)73-66-72-3-4-75(69-78(72)91-79(87)68-73)86(10-11-86)85(101)90-76-67-74-71-93(14-7-77(74)89-70-76)81(97)9-18-102-20-22-104-24-26-106-28-30-108-32-34-110-36-38-112-40-42-114-44-46-116-48-50-118-52-54-120-56-58-122-60-62-124-64-65-125-63-61-123-59-57-121-55-53-119-51-49-117-47-45-115-43-41-113-39-37-111-35-33-109-31-29-107-27-25-105-23-21-103-19-12-88-80(96)8-15-94-82(98)5-6-83(94)99/h3-6,66-67,69-70,95H,2,7-65,68,71H2,1H3,(H2,87,91)(H,88,96)(H,90,101). The number of amidine groups is 1. The number of hydrogen-bond acceptors (Lipinski definition) is 34. The number of benzene rings is 1. The van der Waals surface area contributed by atoms with Gasteiger partial charge in [0.15, 0.2) is 0 Å². The summed E-state index contributed by atoms with van der Waals surface area (Å²) in [6.45, 7) is 25.0. The van der Waals surface area contributed by atoms with Gasteiger partial charge in [-0.3, -0.25) is 38.7 Å². The first-order valence-corrected chi connectivity index (χ1v) is 43.8. The number of rotatable bonds is 86. The number of carbonyl (C=O) groups excluding carboxylic acids is 6. The molecule has 125 heavy (non-hydrogen) atoms. The minimum Gasteiger partial charge on any atom is -0.395 e. The Kier molecular flexibility index (Phi) is 61.8. The highest BCUT2D eigenvalue weighted by molar-refractivity contribution is 6.13. The van der Waals surface area contributed by atoms with Gasteiger partial charge in [0, 0.05) is 87.5 Å². The molecular formula is C86H140N8O31. The third-order valence-corrected chi connectivity index (χ3v) is 18.9. The van der Waals surface area contributed by atoms with E-state index in [0.29, 0.717) is 379 Å². The summed E-state index contributed by atoms with van der Waals surface area (Å²) in [5.41, 5.74) is 10.6. The lowest BCUT2D eigenvalue weighted by molar-refractivity contribution is -0.137. The van der Waals surface area contributed by atoms with Crippen molar-refractivity contribution in [2.24, 2.45) is 10.7 Å². The summed E-state index contributed by atoms with van der Waals surface area (Å²) in [5.74, 6) is -1.13. The van der Waals surface area contributed by atoms with Gasteiger partial charge in [-0.15, -0.1) is 0 Å². The molecule has 1 aromatic heterocycles. The first-order chi connectivity index (χ1) is 61.5. The van der Waals surface area contributed by atoms with Crippen molar-refractivity contribution in [3.05, 3.63) is 70.6 Å². The van der Waals surface area contributed by atoms with Crippen molar-refractivity contribution >= 4 is 58.7 Å². The molecule has 1 saturated carbocycles. The molecule has 2 aromatic rings. The monoisotopic (exact) mass is 1780 g/mol. The number of aliphatic imine (C=N–C) groups is 1. The van der Waals surface area contributed by atoms with Crippen LogP contribution in [0.25, 0.3) is 6.08 Å². The van der Waals surface area contributed by atoms with Gasteiger partial charge < -0.3 is 145 Å². The van der Waals surface area contributed by atoms with Gasteiger partial charge in [-0.25, -0.2) is 4.99 Å². The predicted molar refractivity (Wildman–Crippen MR) is 455 cm³/mol. The van der Waals surface area contributed by atoms with Crippen molar-refractivity contribution < 1.29 is 148 Å². The fraction of sp³-hybridized carbons (Fsp3) is 0.744. The lowest BCUT2D eigenvalue weighted by Crippen LogP contribution is -2.37. The Hall–Kier alpha value is -6.66. The normalized spacial score (nSPS) is 14.1. The zero-order valence-corrected chi connectivity index (χ0v) is 73.5. The summed E-state index contributed by atoms with van der Waals surface area (Å²) in [6.07, 6.45) is 8.99. The van der Waals surface area contributed by atoms with E-state index in [4.69, 9.17) is 119 Å². The van der Waals surface area contributed by atoms with E-state index < -0.39 is 17.2 Å². The molecule has 0 bridgehead atoms. The van der Waals surface area contributed by atoms with Crippen molar-refractivity contribution in [2.45, 2.75) is 63.8 Å². The van der Waals surface area contributed by atoms with Gasteiger partial charge in [0.2, 0.25) is 23.6 Å². The second-order valence-electron chi connectivity index (χ2n) is 28.4. The number of aliphatic hydroxyl groups is 1. The van der Waals surface area contributed by atoms with E-state index in [9.17, 15) is 33.9 Å². The van der Waals surface area contributed by atoms with Crippen LogP contribution in [0.15, 0.2) is 53.2 Å². The van der Waals surface area contributed by atoms with E-state index in [2.05, 4.69) is 20.6 Å². The van der Waals surface area contributed by atoms with Crippen molar-refractivity contribution in [1.82, 2.24) is 25.0 Å². The van der Waals surface area contributed by atoms with Gasteiger partial charge >= 0.3 is 0 Å². The number of pyridine rings is 1. The van der Waals surface area contributed by atoms with Crippen LogP contribution in [0.1, 0.15) is 67.8 Å². The van der Waals surface area contributed by atoms with Crippen LogP contribution in [0, 0.1) is 0 Å². The van der Waals surface area contributed by atoms with Crippen LogP contribution < -0.4 is 16.4 Å². The first kappa shape index (κ1) is 107. The Morgan fingerprint density at radius 3 is 1.18 bits per heavy atom. The number of anilines is 1. The zero-order chi connectivity index (χ0) is 88.6. The molecule has 39 heteroatoms. The highest BCUT2D eigenvalue weighted by atomic mass is 16.6. The fourth-order valence-corrected chi connectivity index (χ4v) is 12.2. The van der Waals surface area contributed by atoms with Crippen LogP contribution in [0.2, 0.25) is 0 Å². The Bertz CT molecular complexity index is 3270. The molecule has 0 spiro atoms. The van der Waals surface area contributed by atoms with Crippen molar-refractivity contribution in [2.75, 3.05) is 362 Å². The molecule has 1 aromatic carbocycles. The van der Waals surface area contributed by atoms with Gasteiger partial charge in [0.1, 0.15) is 5.84 Å². The lowest BCUT2D eigenvalue weighted by atomic mass is 9.92. The number of carbonyl (C=O) groups is 6. The van der Waals surface area contributed by atoms with Crippen LogP contribution >= 0.6 is 0 Å². The minimum absolute atomic E-state index is 0.0224. The van der Waals surface area contributed by atoms with E-state index in [0.717, 1.165) is 33.7 Å². The molecule has 4 aliphatic rings. The highest BCUT2D eigenvalue weighted by Crippen LogP contribution is 2.50. The summed E-state index contributed by atoms with van der Waals surface area (Å²) >= 11 is 0. The second kappa shape index (κ2) is 72.2. The Morgan fingerprint density at radius 2 is 0.832 bits per heavy atom. The average Bonchev–Trinajstić information content (AvgIpc) is 1.59. The highest BCUT2D eigenvalue weighted by Gasteiger charge is 2.51. The molecule has 0 radical (unpaired) electrons. The third-order valence-electron chi connectivity index (χ3n) is 18.9. The minimum atomic E-state index is -0.746. The molecule has 4 heterocycles. The summed E-state index contributed by atoms with van der Waals surface area (Å²) in [7, 11) is 0. The summed E-state index contributed by atoms with van der Waals surface area (Å²) in [4.78, 5) is 89.2.